The number of amides is 1. The van der Waals surface area contributed by atoms with Crippen molar-refractivity contribution in [2.75, 3.05) is 18.0 Å². The van der Waals surface area contributed by atoms with Gasteiger partial charge in [0.05, 0.1) is 11.1 Å². The summed E-state index contributed by atoms with van der Waals surface area (Å²) >= 11 is 0. The molecule has 1 aliphatic heterocycles. The van der Waals surface area contributed by atoms with Gasteiger partial charge in [0.15, 0.2) is 0 Å². The molecular formula is C26H31F2N5O2. The summed E-state index contributed by atoms with van der Waals surface area (Å²) in [5.74, 6) is -0.108. The van der Waals surface area contributed by atoms with Crippen LogP contribution in [0.25, 0.3) is 16.7 Å². The molecule has 3 heterocycles. The highest BCUT2D eigenvalue weighted by Crippen LogP contribution is 2.46. The van der Waals surface area contributed by atoms with E-state index < -0.39 is 17.2 Å². The SMILES string of the molecule is CC1CN(C(=O)OC(C)(C)C)[C@@H](C)CN1c1ncnc2c1c(C1CC1)cn2-c1cc(F)cc(F)c1. The van der Waals surface area contributed by atoms with Gasteiger partial charge < -0.3 is 19.1 Å². The Morgan fingerprint density at radius 3 is 2.34 bits per heavy atom. The maximum Gasteiger partial charge on any atom is 0.410 e. The van der Waals surface area contributed by atoms with Crippen LogP contribution in [0.3, 0.4) is 0 Å². The number of rotatable bonds is 3. The fourth-order valence-electron chi connectivity index (χ4n) is 4.87. The number of halogens is 2. The molecule has 1 saturated carbocycles. The third kappa shape index (κ3) is 4.56. The van der Waals surface area contributed by atoms with Crippen LogP contribution < -0.4 is 4.90 Å². The summed E-state index contributed by atoms with van der Waals surface area (Å²) in [6.07, 6.45) is 5.24. The lowest BCUT2D eigenvalue weighted by Crippen LogP contribution is -2.59. The van der Waals surface area contributed by atoms with Gasteiger partial charge in [0, 0.05) is 37.4 Å². The minimum atomic E-state index is -0.634. The van der Waals surface area contributed by atoms with Gasteiger partial charge in [0.2, 0.25) is 0 Å². The summed E-state index contributed by atoms with van der Waals surface area (Å²) in [4.78, 5) is 26.0. The number of aromatic nitrogens is 3. The maximum absolute atomic E-state index is 14.0. The maximum atomic E-state index is 14.0. The highest BCUT2D eigenvalue weighted by molar-refractivity contribution is 5.93. The van der Waals surface area contributed by atoms with Crippen molar-refractivity contribution in [2.24, 2.45) is 0 Å². The molecule has 2 atom stereocenters. The smallest absolute Gasteiger partial charge is 0.410 e. The van der Waals surface area contributed by atoms with Gasteiger partial charge in [-0.15, -0.1) is 0 Å². The molecule has 0 radical (unpaired) electrons. The predicted octanol–water partition coefficient (Wildman–Crippen LogP) is 5.41. The number of fused-ring (bicyclic) bond motifs is 1. The number of hydrogen-bond acceptors (Lipinski definition) is 5. The molecular weight excluding hydrogens is 452 g/mol. The summed E-state index contributed by atoms with van der Waals surface area (Å²) in [5.41, 5.74) is 1.54. The van der Waals surface area contributed by atoms with E-state index in [0.717, 1.165) is 35.7 Å². The average Bonchev–Trinajstić information content (AvgIpc) is 3.52. The number of carbonyl (C=O) groups excluding carboxylic acids is 1. The number of piperazine rings is 1. The molecule has 1 aromatic carbocycles. The van der Waals surface area contributed by atoms with Gasteiger partial charge in [-0.3, -0.25) is 0 Å². The Balaban J connectivity index is 1.54. The lowest BCUT2D eigenvalue weighted by atomic mass is 10.1. The first-order valence-corrected chi connectivity index (χ1v) is 12.1. The molecule has 186 valence electrons. The number of benzene rings is 1. The van der Waals surface area contributed by atoms with Crippen molar-refractivity contribution < 1.29 is 18.3 Å². The van der Waals surface area contributed by atoms with Gasteiger partial charge in [-0.2, -0.15) is 0 Å². The largest absolute Gasteiger partial charge is 0.444 e. The molecule has 0 N–H and O–H groups in total. The lowest BCUT2D eigenvalue weighted by Gasteiger charge is -2.44. The highest BCUT2D eigenvalue weighted by atomic mass is 19.1. The van der Waals surface area contributed by atoms with E-state index in [1.54, 1.807) is 9.47 Å². The number of nitrogens with zero attached hydrogens (tertiary/aromatic N) is 5. The molecule has 0 bridgehead atoms. The molecule has 2 aromatic heterocycles. The first-order chi connectivity index (χ1) is 16.5. The molecule has 1 amide bonds. The molecule has 0 spiro atoms. The summed E-state index contributed by atoms with van der Waals surface area (Å²) < 4.78 is 35.4. The zero-order valence-corrected chi connectivity index (χ0v) is 20.8. The van der Waals surface area contributed by atoms with Gasteiger partial charge in [-0.05, 0) is 71.1 Å². The molecule has 1 saturated heterocycles. The quantitative estimate of drug-likeness (QED) is 0.499. The minimum Gasteiger partial charge on any atom is -0.444 e. The zero-order chi connectivity index (χ0) is 25.1. The number of hydrogen-bond donors (Lipinski definition) is 0. The van der Waals surface area contributed by atoms with Crippen LogP contribution in [0.4, 0.5) is 19.4 Å². The summed E-state index contributed by atoms with van der Waals surface area (Å²) in [5, 5.41) is 0.907. The second kappa shape index (κ2) is 8.46. The number of carbonyl (C=O) groups is 1. The van der Waals surface area contributed by atoms with Crippen molar-refractivity contribution >= 4 is 22.9 Å². The fraction of sp³-hybridized carbons (Fsp3) is 0.500. The van der Waals surface area contributed by atoms with E-state index in [4.69, 9.17) is 4.74 Å². The average molecular weight is 484 g/mol. The lowest BCUT2D eigenvalue weighted by molar-refractivity contribution is 0.0130. The Bertz CT molecular complexity index is 1260. The third-order valence-electron chi connectivity index (χ3n) is 6.62. The van der Waals surface area contributed by atoms with Crippen LogP contribution in [0.2, 0.25) is 0 Å². The van der Waals surface area contributed by atoms with Crippen molar-refractivity contribution in [3.63, 3.8) is 0 Å². The van der Waals surface area contributed by atoms with Crippen molar-refractivity contribution in [3.8, 4) is 5.69 Å². The number of anilines is 1. The van der Waals surface area contributed by atoms with E-state index in [1.807, 2.05) is 33.9 Å². The van der Waals surface area contributed by atoms with Crippen LogP contribution in [0, 0.1) is 11.6 Å². The molecule has 2 fully saturated rings. The van der Waals surface area contributed by atoms with Crippen LogP contribution in [-0.2, 0) is 4.74 Å². The van der Waals surface area contributed by atoms with Crippen LogP contribution in [0.1, 0.15) is 58.9 Å². The monoisotopic (exact) mass is 483 g/mol. The zero-order valence-electron chi connectivity index (χ0n) is 20.8. The Hall–Kier alpha value is -3.23. The molecule has 1 aliphatic carbocycles. The molecule has 7 nitrogen and oxygen atoms in total. The van der Waals surface area contributed by atoms with E-state index in [1.165, 1.54) is 18.5 Å². The Labute approximate surface area is 203 Å². The normalized spacial score (nSPS) is 21.0. The second-order valence-corrected chi connectivity index (χ2v) is 10.7. The van der Waals surface area contributed by atoms with Gasteiger partial charge in [0.25, 0.3) is 0 Å². The Kier molecular flexibility index (Phi) is 5.68. The minimum absolute atomic E-state index is 0.0150. The molecule has 1 unspecified atom stereocenters. The van der Waals surface area contributed by atoms with Crippen LogP contribution in [-0.4, -0.2) is 56.3 Å². The predicted molar refractivity (Wildman–Crippen MR) is 130 cm³/mol. The van der Waals surface area contributed by atoms with Gasteiger partial charge in [-0.25, -0.2) is 23.5 Å². The van der Waals surface area contributed by atoms with E-state index in [9.17, 15) is 13.6 Å². The highest BCUT2D eigenvalue weighted by Gasteiger charge is 2.37. The van der Waals surface area contributed by atoms with Crippen LogP contribution in [0.15, 0.2) is 30.7 Å². The summed E-state index contributed by atoms with van der Waals surface area (Å²) in [7, 11) is 0. The van der Waals surface area contributed by atoms with E-state index in [0.29, 0.717) is 30.3 Å². The standard InChI is InChI=1S/C26H31F2N5O2/c1-15-12-32(25(34)35-26(3,4)5)16(2)11-31(15)23-22-21(17-6-7-17)13-33(24(22)30-14-29-23)20-9-18(27)8-19(28)10-20/h8-10,13-17H,6-7,11-12H2,1-5H3/t15?,16-/m0/s1. The van der Waals surface area contributed by atoms with Crippen LogP contribution in [0.5, 0.6) is 0 Å². The fourth-order valence-corrected chi connectivity index (χ4v) is 4.87. The third-order valence-corrected chi connectivity index (χ3v) is 6.62. The van der Waals surface area contributed by atoms with Gasteiger partial charge in [-0.1, -0.05) is 0 Å². The first kappa shape index (κ1) is 23.5. The summed E-state index contributed by atoms with van der Waals surface area (Å²) in [6.45, 7) is 10.7. The molecule has 3 aromatic rings. The molecule has 9 heteroatoms. The van der Waals surface area contributed by atoms with Crippen LogP contribution >= 0.6 is 0 Å². The van der Waals surface area contributed by atoms with Gasteiger partial charge >= 0.3 is 6.09 Å². The van der Waals surface area contributed by atoms with Crippen molar-refractivity contribution in [2.45, 2.75) is 71.1 Å². The number of ether oxygens (including phenoxy) is 1. The molecule has 5 rings (SSSR count). The van der Waals surface area contributed by atoms with Gasteiger partial charge in [0.1, 0.15) is 35.0 Å². The Morgan fingerprint density at radius 2 is 1.71 bits per heavy atom. The van der Waals surface area contributed by atoms with Crippen molar-refractivity contribution in [3.05, 3.63) is 47.9 Å². The van der Waals surface area contributed by atoms with E-state index in [2.05, 4.69) is 21.8 Å². The summed E-state index contributed by atoms with van der Waals surface area (Å²) in [6, 6.07) is 3.38. The topological polar surface area (TPSA) is 63.5 Å². The molecule has 35 heavy (non-hydrogen) atoms. The first-order valence-electron chi connectivity index (χ1n) is 12.1. The van der Waals surface area contributed by atoms with E-state index in [-0.39, 0.29) is 18.2 Å². The Morgan fingerprint density at radius 1 is 1.03 bits per heavy atom. The molecule has 2 aliphatic rings. The van der Waals surface area contributed by atoms with Crippen molar-refractivity contribution in [1.82, 2.24) is 19.4 Å². The van der Waals surface area contributed by atoms with E-state index >= 15 is 0 Å². The van der Waals surface area contributed by atoms with Crippen molar-refractivity contribution in [1.29, 1.82) is 0 Å². The second-order valence-electron chi connectivity index (χ2n) is 10.7.